The molecule has 1 heterocycles. The van der Waals surface area contributed by atoms with Gasteiger partial charge in [-0.2, -0.15) is 0 Å². The first-order valence-electron chi connectivity index (χ1n) is 11.9. The van der Waals surface area contributed by atoms with Crippen LogP contribution in [0.15, 0.2) is 84.1 Å². The number of halogens is 2. The maximum absolute atomic E-state index is 13.2. The highest BCUT2D eigenvalue weighted by Gasteiger charge is 2.36. The molecular formula is C29H26ClFN2O4. The minimum Gasteiger partial charge on any atom is -0.463 e. The Kier molecular flexibility index (Phi) is 8.04. The van der Waals surface area contributed by atoms with Crippen LogP contribution in [-0.4, -0.2) is 29.3 Å². The van der Waals surface area contributed by atoms with Gasteiger partial charge in [-0.25, -0.2) is 9.18 Å². The fraction of sp³-hybridized carbons (Fsp3) is 0.207. The highest BCUT2D eigenvalue weighted by Crippen LogP contribution is 2.38. The molecule has 0 radical (unpaired) electrons. The van der Waals surface area contributed by atoms with Crippen LogP contribution in [0, 0.1) is 5.82 Å². The van der Waals surface area contributed by atoms with Crippen molar-refractivity contribution < 1.29 is 23.5 Å². The summed E-state index contributed by atoms with van der Waals surface area (Å²) in [6.45, 7) is 3.94. The predicted molar refractivity (Wildman–Crippen MR) is 139 cm³/mol. The maximum atomic E-state index is 13.2. The lowest BCUT2D eigenvalue weighted by Gasteiger charge is -2.34. The second-order valence-corrected chi connectivity index (χ2v) is 9.10. The van der Waals surface area contributed by atoms with Gasteiger partial charge >= 0.3 is 5.97 Å². The molecule has 1 N–H and O–H groups in total. The summed E-state index contributed by atoms with van der Waals surface area (Å²) in [5.41, 5.74) is 3.49. The zero-order valence-electron chi connectivity index (χ0n) is 20.5. The molecule has 0 saturated heterocycles. The van der Waals surface area contributed by atoms with Crippen LogP contribution in [0.4, 0.5) is 10.1 Å². The van der Waals surface area contributed by atoms with Crippen LogP contribution < -0.4 is 5.32 Å². The smallest absolute Gasteiger partial charge is 0.336 e. The number of amides is 2. The average Bonchev–Trinajstić information content (AvgIpc) is 2.88. The first kappa shape index (κ1) is 26.1. The monoisotopic (exact) mass is 520 g/mol. The quantitative estimate of drug-likeness (QED) is 0.383. The summed E-state index contributed by atoms with van der Waals surface area (Å²) in [5, 5.41) is 3.29. The van der Waals surface area contributed by atoms with Crippen LogP contribution in [0.3, 0.4) is 0 Å². The Morgan fingerprint density at radius 1 is 1.03 bits per heavy atom. The number of ether oxygens (including phenoxy) is 1. The molecule has 1 aliphatic heterocycles. The van der Waals surface area contributed by atoms with Gasteiger partial charge in [0.2, 0.25) is 5.91 Å². The fourth-order valence-electron chi connectivity index (χ4n) is 4.34. The van der Waals surface area contributed by atoms with E-state index in [4.69, 9.17) is 16.3 Å². The fourth-order valence-corrected chi connectivity index (χ4v) is 4.46. The molecule has 0 bridgehead atoms. The third kappa shape index (κ3) is 6.06. The predicted octanol–water partition coefficient (Wildman–Crippen LogP) is 6.08. The molecule has 0 saturated carbocycles. The Morgan fingerprint density at radius 3 is 2.30 bits per heavy atom. The molecule has 3 aromatic carbocycles. The minimum absolute atomic E-state index is 0.116. The van der Waals surface area contributed by atoms with E-state index in [1.54, 1.807) is 55.1 Å². The third-order valence-electron chi connectivity index (χ3n) is 6.25. The minimum atomic E-state index is -0.453. The van der Waals surface area contributed by atoms with E-state index in [2.05, 4.69) is 5.32 Å². The number of nitrogens with one attached hydrogen (secondary N) is 1. The molecular weight excluding hydrogens is 495 g/mol. The molecule has 0 fully saturated rings. The van der Waals surface area contributed by atoms with E-state index < -0.39 is 11.9 Å². The van der Waals surface area contributed by atoms with Crippen LogP contribution in [0.5, 0.6) is 0 Å². The van der Waals surface area contributed by atoms with E-state index in [0.29, 0.717) is 27.5 Å². The molecule has 37 heavy (non-hydrogen) atoms. The van der Waals surface area contributed by atoms with Gasteiger partial charge < -0.3 is 15.0 Å². The second-order valence-electron chi connectivity index (χ2n) is 8.67. The van der Waals surface area contributed by atoms with Crippen LogP contribution >= 0.6 is 11.6 Å². The van der Waals surface area contributed by atoms with E-state index in [1.807, 2.05) is 12.1 Å². The lowest BCUT2D eigenvalue weighted by Crippen LogP contribution is -2.38. The molecule has 190 valence electrons. The van der Waals surface area contributed by atoms with E-state index in [-0.39, 0.29) is 37.2 Å². The van der Waals surface area contributed by atoms with Crippen molar-refractivity contribution in [2.75, 3.05) is 11.9 Å². The van der Waals surface area contributed by atoms with Gasteiger partial charge in [-0.1, -0.05) is 35.9 Å². The van der Waals surface area contributed by atoms with Gasteiger partial charge in [0.25, 0.3) is 5.91 Å². The molecule has 8 heteroatoms. The molecule has 6 nitrogen and oxygen atoms in total. The highest BCUT2D eigenvalue weighted by atomic mass is 35.5. The summed E-state index contributed by atoms with van der Waals surface area (Å²) in [4.78, 5) is 40.3. The van der Waals surface area contributed by atoms with Crippen LogP contribution in [0.25, 0.3) is 0 Å². The molecule has 0 spiro atoms. The third-order valence-corrected chi connectivity index (χ3v) is 6.50. The zero-order valence-corrected chi connectivity index (χ0v) is 21.2. The number of esters is 1. The van der Waals surface area contributed by atoms with Crippen LogP contribution in [0.1, 0.15) is 47.7 Å². The molecule has 0 aliphatic carbocycles. The van der Waals surface area contributed by atoms with Gasteiger partial charge in [-0.05, 0) is 73.5 Å². The topological polar surface area (TPSA) is 75.7 Å². The Balaban J connectivity index is 1.55. The van der Waals surface area contributed by atoms with Crippen LogP contribution in [-0.2, 0) is 20.9 Å². The van der Waals surface area contributed by atoms with Crippen molar-refractivity contribution in [2.45, 2.75) is 32.7 Å². The standard InChI is InChI=1S/C29H26ClFN2O4/c1-3-37-29(36)27-18(2)33(26(34)16-25(27)20-8-10-22(30)11-9-20)17-19-4-6-21(7-5-19)28(35)32-24-14-12-23(31)13-15-24/h4-15,25H,3,16-17H2,1-2H3,(H,32,35). The van der Waals surface area contributed by atoms with Crippen molar-refractivity contribution in [1.29, 1.82) is 0 Å². The van der Waals surface area contributed by atoms with Gasteiger partial charge in [0.15, 0.2) is 0 Å². The Morgan fingerprint density at radius 2 is 1.68 bits per heavy atom. The number of carbonyl (C=O) groups is 3. The van der Waals surface area contributed by atoms with E-state index in [0.717, 1.165) is 11.1 Å². The first-order valence-corrected chi connectivity index (χ1v) is 12.2. The van der Waals surface area contributed by atoms with Gasteiger partial charge in [0.1, 0.15) is 5.82 Å². The number of hydrogen-bond donors (Lipinski definition) is 1. The second kappa shape index (κ2) is 11.4. The summed E-state index contributed by atoms with van der Waals surface area (Å²) in [5.74, 6) is -1.73. The SMILES string of the molecule is CCOC(=O)C1=C(C)N(Cc2ccc(C(=O)Nc3ccc(F)cc3)cc2)C(=O)CC1c1ccc(Cl)cc1. The Bertz CT molecular complexity index is 1340. The van der Waals surface area contributed by atoms with Crippen molar-refractivity contribution in [3.63, 3.8) is 0 Å². The average molecular weight is 521 g/mol. The highest BCUT2D eigenvalue weighted by molar-refractivity contribution is 6.30. The van der Waals surface area contributed by atoms with Crippen molar-refractivity contribution in [1.82, 2.24) is 4.90 Å². The number of hydrogen-bond acceptors (Lipinski definition) is 4. The van der Waals surface area contributed by atoms with Gasteiger partial charge in [-0.3, -0.25) is 9.59 Å². The summed E-state index contributed by atoms with van der Waals surface area (Å²) in [6.07, 6.45) is 0.116. The summed E-state index contributed by atoms with van der Waals surface area (Å²) in [6, 6.07) is 19.4. The van der Waals surface area contributed by atoms with Gasteiger partial charge in [0.05, 0.1) is 18.7 Å². The van der Waals surface area contributed by atoms with E-state index >= 15 is 0 Å². The van der Waals surface area contributed by atoms with Crippen molar-refractivity contribution in [2.24, 2.45) is 0 Å². The number of rotatable bonds is 7. The van der Waals surface area contributed by atoms with Crippen LogP contribution in [0.2, 0.25) is 5.02 Å². The molecule has 1 aliphatic rings. The van der Waals surface area contributed by atoms with E-state index in [9.17, 15) is 18.8 Å². The molecule has 1 unspecified atom stereocenters. The van der Waals surface area contributed by atoms with Gasteiger partial charge in [0, 0.05) is 34.3 Å². The zero-order chi connectivity index (χ0) is 26.5. The number of allylic oxidation sites excluding steroid dienone is 1. The van der Waals surface area contributed by atoms with Crippen molar-refractivity contribution in [3.05, 3.63) is 112 Å². The summed E-state index contributed by atoms with van der Waals surface area (Å²) < 4.78 is 18.4. The first-order chi connectivity index (χ1) is 17.8. The normalized spacial score (nSPS) is 15.5. The lowest BCUT2D eigenvalue weighted by atomic mass is 9.83. The number of anilines is 1. The number of carbonyl (C=O) groups excluding carboxylic acids is 3. The maximum Gasteiger partial charge on any atom is 0.336 e. The molecule has 3 aromatic rings. The molecule has 1 atom stereocenters. The number of nitrogens with zero attached hydrogens (tertiary/aromatic N) is 1. The lowest BCUT2D eigenvalue weighted by molar-refractivity contribution is -0.140. The Hall–Kier alpha value is -3.97. The number of benzene rings is 3. The largest absolute Gasteiger partial charge is 0.463 e. The molecule has 4 rings (SSSR count). The van der Waals surface area contributed by atoms with Crippen molar-refractivity contribution >= 4 is 35.1 Å². The summed E-state index contributed by atoms with van der Waals surface area (Å²) in [7, 11) is 0. The van der Waals surface area contributed by atoms with Crippen molar-refractivity contribution in [3.8, 4) is 0 Å². The van der Waals surface area contributed by atoms with E-state index in [1.165, 1.54) is 24.3 Å². The Labute approximate surface area is 219 Å². The van der Waals surface area contributed by atoms with Gasteiger partial charge in [-0.15, -0.1) is 0 Å². The molecule has 2 amide bonds. The summed E-state index contributed by atoms with van der Waals surface area (Å²) >= 11 is 6.03. The molecule has 0 aromatic heterocycles.